The third-order valence-electron chi connectivity index (χ3n) is 2.08. The van der Waals surface area contributed by atoms with Crippen LogP contribution in [-0.2, 0) is 9.47 Å². The van der Waals surface area contributed by atoms with Gasteiger partial charge in [-0.3, -0.25) is 0 Å². The Hall–Kier alpha value is -0.340. The third kappa shape index (κ3) is 2.31. The average molecular weight is 156 g/mol. The summed E-state index contributed by atoms with van der Waals surface area (Å²) >= 11 is 0. The fourth-order valence-corrected chi connectivity index (χ4v) is 1.05. The molecule has 0 atom stereocenters. The molecule has 0 saturated carbocycles. The molecular formula is C9H16O2. The van der Waals surface area contributed by atoms with Gasteiger partial charge in [0.25, 0.3) is 0 Å². The Morgan fingerprint density at radius 1 is 1.36 bits per heavy atom. The zero-order valence-corrected chi connectivity index (χ0v) is 7.25. The van der Waals surface area contributed by atoms with Gasteiger partial charge >= 0.3 is 0 Å². The van der Waals surface area contributed by atoms with Crippen molar-refractivity contribution in [2.24, 2.45) is 11.8 Å². The topological polar surface area (TPSA) is 18.5 Å². The highest BCUT2D eigenvalue weighted by Gasteiger charge is 2.22. The Balaban J connectivity index is 2.29. The molecule has 0 spiro atoms. The van der Waals surface area contributed by atoms with E-state index in [1.807, 2.05) is 0 Å². The van der Waals surface area contributed by atoms with Crippen molar-refractivity contribution < 1.29 is 9.47 Å². The van der Waals surface area contributed by atoms with Gasteiger partial charge in [-0.15, -0.1) is 0 Å². The molecule has 0 bridgehead atoms. The molecule has 0 aromatic rings. The molecular weight excluding hydrogens is 140 g/mol. The number of ether oxygens (including phenoxy) is 2. The van der Waals surface area contributed by atoms with Crippen LogP contribution in [0.1, 0.15) is 13.8 Å². The number of hydrogen-bond donors (Lipinski definition) is 0. The highest BCUT2D eigenvalue weighted by molar-refractivity contribution is 4.76. The minimum absolute atomic E-state index is 0.176. The first-order valence-electron chi connectivity index (χ1n) is 4.09. The maximum absolute atomic E-state index is 5.36. The van der Waals surface area contributed by atoms with Crippen LogP contribution in [0.2, 0.25) is 0 Å². The summed E-state index contributed by atoms with van der Waals surface area (Å²) in [5.74, 6) is 1.19. The standard InChI is InChI=1S/C9H16O2/c1-4-9-10-5-8(6-11-9)7(2)3/h4,7-9H,1,5-6H2,2-3H3. The van der Waals surface area contributed by atoms with Crippen molar-refractivity contribution in [1.29, 1.82) is 0 Å². The summed E-state index contributed by atoms with van der Waals surface area (Å²) < 4.78 is 10.7. The molecule has 2 heteroatoms. The lowest BCUT2D eigenvalue weighted by atomic mass is 9.97. The summed E-state index contributed by atoms with van der Waals surface area (Å²) in [6.07, 6.45) is 1.52. The molecule has 0 amide bonds. The van der Waals surface area contributed by atoms with E-state index in [0.29, 0.717) is 11.8 Å². The van der Waals surface area contributed by atoms with Gasteiger partial charge < -0.3 is 9.47 Å². The van der Waals surface area contributed by atoms with Crippen molar-refractivity contribution in [2.45, 2.75) is 20.1 Å². The second kappa shape index (κ2) is 3.88. The van der Waals surface area contributed by atoms with Gasteiger partial charge in [0.15, 0.2) is 6.29 Å². The first-order chi connectivity index (χ1) is 5.24. The third-order valence-corrected chi connectivity index (χ3v) is 2.08. The molecule has 64 valence electrons. The van der Waals surface area contributed by atoms with Crippen LogP contribution in [0.5, 0.6) is 0 Å². The summed E-state index contributed by atoms with van der Waals surface area (Å²) in [6.45, 7) is 9.58. The summed E-state index contributed by atoms with van der Waals surface area (Å²) in [7, 11) is 0. The molecule has 0 radical (unpaired) electrons. The van der Waals surface area contributed by atoms with Crippen LogP contribution in [0.15, 0.2) is 12.7 Å². The first kappa shape index (κ1) is 8.75. The quantitative estimate of drug-likeness (QED) is 0.568. The molecule has 1 aliphatic heterocycles. The van der Waals surface area contributed by atoms with E-state index >= 15 is 0 Å². The number of rotatable bonds is 2. The van der Waals surface area contributed by atoms with Crippen molar-refractivity contribution in [3.63, 3.8) is 0 Å². The molecule has 0 N–H and O–H groups in total. The van der Waals surface area contributed by atoms with Crippen LogP contribution >= 0.6 is 0 Å². The Morgan fingerprint density at radius 2 is 1.91 bits per heavy atom. The van der Waals surface area contributed by atoms with Gasteiger partial charge in [0.05, 0.1) is 13.2 Å². The second-order valence-corrected chi connectivity index (χ2v) is 3.27. The molecule has 1 rings (SSSR count). The van der Waals surface area contributed by atoms with Gasteiger partial charge in [-0.05, 0) is 12.0 Å². The Kier molecular flexibility index (Phi) is 3.09. The van der Waals surface area contributed by atoms with E-state index in [1.165, 1.54) is 0 Å². The molecule has 2 nitrogen and oxygen atoms in total. The van der Waals surface area contributed by atoms with Crippen LogP contribution < -0.4 is 0 Å². The second-order valence-electron chi connectivity index (χ2n) is 3.27. The monoisotopic (exact) mass is 156 g/mol. The van der Waals surface area contributed by atoms with Crippen molar-refractivity contribution in [1.82, 2.24) is 0 Å². The first-order valence-corrected chi connectivity index (χ1v) is 4.09. The van der Waals surface area contributed by atoms with Crippen LogP contribution in [-0.4, -0.2) is 19.5 Å². The fraction of sp³-hybridized carbons (Fsp3) is 0.778. The predicted molar refractivity (Wildman–Crippen MR) is 44.2 cm³/mol. The maximum atomic E-state index is 5.36. The van der Waals surface area contributed by atoms with Crippen molar-refractivity contribution in [3.05, 3.63) is 12.7 Å². The number of hydrogen-bond acceptors (Lipinski definition) is 2. The summed E-state index contributed by atoms with van der Waals surface area (Å²) in [4.78, 5) is 0. The molecule has 0 unspecified atom stereocenters. The lowest BCUT2D eigenvalue weighted by Gasteiger charge is -2.29. The Bertz CT molecular complexity index is 124. The average Bonchev–Trinajstić information content (AvgIpc) is 2.05. The van der Waals surface area contributed by atoms with Gasteiger partial charge in [-0.1, -0.05) is 20.4 Å². The molecule has 11 heavy (non-hydrogen) atoms. The normalized spacial score (nSPS) is 32.3. The zero-order valence-electron chi connectivity index (χ0n) is 7.25. The lowest BCUT2D eigenvalue weighted by molar-refractivity contribution is -0.181. The molecule has 1 saturated heterocycles. The van der Waals surface area contributed by atoms with E-state index in [2.05, 4.69) is 20.4 Å². The summed E-state index contributed by atoms with van der Waals surface area (Å²) in [6, 6.07) is 0. The van der Waals surface area contributed by atoms with Crippen LogP contribution in [0.4, 0.5) is 0 Å². The van der Waals surface area contributed by atoms with Gasteiger partial charge in [0, 0.05) is 5.92 Å². The molecule has 1 aliphatic rings. The highest BCUT2D eigenvalue weighted by Crippen LogP contribution is 2.18. The van der Waals surface area contributed by atoms with E-state index in [9.17, 15) is 0 Å². The van der Waals surface area contributed by atoms with E-state index in [1.54, 1.807) is 6.08 Å². The van der Waals surface area contributed by atoms with Crippen molar-refractivity contribution >= 4 is 0 Å². The summed E-state index contributed by atoms with van der Waals surface area (Å²) in [5.41, 5.74) is 0. The maximum Gasteiger partial charge on any atom is 0.176 e. The minimum atomic E-state index is -0.176. The van der Waals surface area contributed by atoms with Gasteiger partial charge in [-0.2, -0.15) is 0 Å². The van der Waals surface area contributed by atoms with E-state index in [0.717, 1.165) is 13.2 Å². The Labute approximate surface area is 68.2 Å². The van der Waals surface area contributed by atoms with Gasteiger partial charge in [0.2, 0.25) is 0 Å². The summed E-state index contributed by atoms with van der Waals surface area (Å²) in [5, 5.41) is 0. The van der Waals surface area contributed by atoms with Gasteiger partial charge in [-0.25, -0.2) is 0 Å². The van der Waals surface area contributed by atoms with E-state index in [-0.39, 0.29) is 6.29 Å². The Morgan fingerprint density at radius 3 is 2.27 bits per heavy atom. The SMILES string of the molecule is C=CC1OCC(C(C)C)CO1. The zero-order chi connectivity index (χ0) is 8.27. The minimum Gasteiger partial charge on any atom is -0.349 e. The smallest absolute Gasteiger partial charge is 0.176 e. The highest BCUT2D eigenvalue weighted by atomic mass is 16.7. The lowest BCUT2D eigenvalue weighted by Crippen LogP contribution is -2.33. The van der Waals surface area contributed by atoms with Crippen LogP contribution in [0.3, 0.4) is 0 Å². The van der Waals surface area contributed by atoms with E-state index in [4.69, 9.17) is 9.47 Å². The molecule has 0 aromatic carbocycles. The van der Waals surface area contributed by atoms with Crippen molar-refractivity contribution in [3.8, 4) is 0 Å². The van der Waals surface area contributed by atoms with Crippen LogP contribution in [0.25, 0.3) is 0 Å². The largest absolute Gasteiger partial charge is 0.349 e. The fourth-order valence-electron chi connectivity index (χ4n) is 1.05. The molecule has 0 aliphatic carbocycles. The molecule has 1 fully saturated rings. The van der Waals surface area contributed by atoms with Gasteiger partial charge in [0.1, 0.15) is 0 Å². The van der Waals surface area contributed by atoms with Crippen LogP contribution in [0, 0.1) is 11.8 Å². The molecule has 1 heterocycles. The van der Waals surface area contributed by atoms with Crippen molar-refractivity contribution in [2.75, 3.05) is 13.2 Å². The van der Waals surface area contributed by atoms with E-state index < -0.39 is 0 Å². The molecule has 0 aromatic heterocycles. The predicted octanol–water partition coefficient (Wildman–Crippen LogP) is 1.82.